The molecule has 1 heterocycles. The predicted octanol–water partition coefficient (Wildman–Crippen LogP) is 3.15. The first kappa shape index (κ1) is 12.7. The molecule has 3 rings (SSSR count). The van der Waals surface area contributed by atoms with Crippen LogP contribution in [-0.2, 0) is 0 Å². The zero-order valence-corrected chi connectivity index (χ0v) is 11.3. The highest BCUT2D eigenvalue weighted by atomic mass is 35.5. The van der Waals surface area contributed by atoms with Crippen molar-refractivity contribution in [3.63, 3.8) is 0 Å². The molecule has 5 heteroatoms. The van der Waals surface area contributed by atoms with Crippen molar-refractivity contribution in [2.24, 2.45) is 0 Å². The van der Waals surface area contributed by atoms with Gasteiger partial charge in [-0.3, -0.25) is 9.59 Å². The number of hydrogen-bond acceptors (Lipinski definition) is 3. The molecule has 2 amide bonds. The van der Waals surface area contributed by atoms with Crippen LogP contribution in [0.1, 0.15) is 20.7 Å². The van der Waals surface area contributed by atoms with Crippen LogP contribution < -0.4 is 9.64 Å². The van der Waals surface area contributed by atoms with Crippen molar-refractivity contribution in [3.05, 3.63) is 58.6 Å². The van der Waals surface area contributed by atoms with Crippen LogP contribution in [0.25, 0.3) is 0 Å². The van der Waals surface area contributed by atoms with Crippen LogP contribution in [0.5, 0.6) is 5.75 Å². The first-order valence-corrected chi connectivity index (χ1v) is 6.32. The van der Waals surface area contributed by atoms with E-state index in [-0.39, 0.29) is 11.8 Å². The van der Waals surface area contributed by atoms with E-state index in [0.29, 0.717) is 27.6 Å². The summed E-state index contributed by atoms with van der Waals surface area (Å²) in [5.74, 6) is -0.220. The molecule has 20 heavy (non-hydrogen) atoms. The number of ether oxygens (including phenoxy) is 1. The van der Waals surface area contributed by atoms with Gasteiger partial charge in [0.15, 0.2) is 0 Å². The van der Waals surface area contributed by atoms with Gasteiger partial charge in [-0.15, -0.1) is 0 Å². The SMILES string of the molecule is COc1ccc(Cl)c(N2C(=O)c3ccccc3C2=O)c1. The lowest BCUT2D eigenvalue weighted by Crippen LogP contribution is -2.29. The lowest BCUT2D eigenvalue weighted by molar-refractivity contribution is 0.0926. The summed E-state index contributed by atoms with van der Waals surface area (Å²) in [6.45, 7) is 0. The highest BCUT2D eigenvalue weighted by Gasteiger charge is 2.37. The van der Waals surface area contributed by atoms with E-state index in [4.69, 9.17) is 16.3 Å². The highest BCUT2D eigenvalue weighted by molar-refractivity contribution is 6.39. The van der Waals surface area contributed by atoms with Crippen molar-refractivity contribution < 1.29 is 14.3 Å². The van der Waals surface area contributed by atoms with Crippen molar-refractivity contribution in [2.45, 2.75) is 0 Å². The standard InChI is InChI=1S/C15H10ClNO3/c1-20-9-6-7-12(16)13(8-9)17-14(18)10-4-2-3-5-11(10)15(17)19/h2-8H,1H3. The number of amides is 2. The first-order chi connectivity index (χ1) is 9.63. The Morgan fingerprint density at radius 3 is 2.15 bits per heavy atom. The van der Waals surface area contributed by atoms with Crippen LogP contribution in [0.4, 0.5) is 5.69 Å². The topological polar surface area (TPSA) is 46.6 Å². The number of hydrogen-bond donors (Lipinski definition) is 0. The van der Waals surface area contributed by atoms with E-state index >= 15 is 0 Å². The molecule has 0 bridgehead atoms. The van der Waals surface area contributed by atoms with Crippen molar-refractivity contribution in [2.75, 3.05) is 12.0 Å². The molecule has 2 aromatic carbocycles. The van der Waals surface area contributed by atoms with Gasteiger partial charge in [-0.2, -0.15) is 0 Å². The van der Waals surface area contributed by atoms with Crippen LogP contribution in [0.2, 0.25) is 5.02 Å². The number of nitrogens with zero attached hydrogens (tertiary/aromatic N) is 1. The van der Waals surface area contributed by atoms with Gasteiger partial charge in [0.25, 0.3) is 11.8 Å². The molecular formula is C15H10ClNO3. The van der Waals surface area contributed by atoms with E-state index in [1.165, 1.54) is 7.11 Å². The summed E-state index contributed by atoms with van der Waals surface area (Å²) in [5, 5.41) is 0.320. The molecule has 1 aliphatic heterocycles. The van der Waals surface area contributed by atoms with Crippen LogP contribution in [-0.4, -0.2) is 18.9 Å². The Labute approximate surface area is 120 Å². The summed E-state index contributed by atoms with van der Waals surface area (Å²) in [5.41, 5.74) is 1.10. The number of imide groups is 1. The largest absolute Gasteiger partial charge is 0.497 e. The summed E-state index contributed by atoms with van der Waals surface area (Å²) in [6.07, 6.45) is 0. The van der Waals surface area contributed by atoms with Gasteiger partial charge in [0.1, 0.15) is 5.75 Å². The molecular weight excluding hydrogens is 278 g/mol. The van der Waals surface area contributed by atoms with Crippen molar-refractivity contribution in [1.29, 1.82) is 0 Å². The molecule has 0 spiro atoms. The fraction of sp³-hybridized carbons (Fsp3) is 0.0667. The number of halogens is 1. The van der Waals surface area contributed by atoms with E-state index in [1.54, 1.807) is 42.5 Å². The smallest absolute Gasteiger partial charge is 0.266 e. The molecule has 0 saturated heterocycles. The van der Waals surface area contributed by atoms with E-state index in [2.05, 4.69) is 0 Å². The molecule has 0 fully saturated rings. The van der Waals surface area contributed by atoms with Gasteiger partial charge in [0.05, 0.1) is 28.9 Å². The Morgan fingerprint density at radius 2 is 1.60 bits per heavy atom. The van der Waals surface area contributed by atoms with Gasteiger partial charge < -0.3 is 4.74 Å². The summed E-state index contributed by atoms with van der Waals surface area (Å²) >= 11 is 6.11. The molecule has 0 saturated carbocycles. The minimum absolute atomic E-state index is 0.320. The lowest BCUT2D eigenvalue weighted by atomic mass is 10.1. The second-order valence-electron chi connectivity index (χ2n) is 4.31. The van der Waals surface area contributed by atoms with Crippen molar-refractivity contribution >= 4 is 29.1 Å². The number of carbonyl (C=O) groups excluding carboxylic acids is 2. The average molecular weight is 288 g/mol. The van der Waals surface area contributed by atoms with E-state index in [1.807, 2.05) is 0 Å². The quantitative estimate of drug-likeness (QED) is 0.797. The molecule has 0 aromatic heterocycles. The molecule has 2 aromatic rings. The monoisotopic (exact) mass is 287 g/mol. The fourth-order valence-electron chi connectivity index (χ4n) is 2.20. The van der Waals surface area contributed by atoms with Gasteiger partial charge in [0.2, 0.25) is 0 Å². The number of benzene rings is 2. The first-order valence-electron chi connectivity index (χ1n) is 5.95. The number of fused-ring (bicyclic) bond motifs is 1. The maximum atomic E-state index is 12.4. The molecule has 1 aliphatic rings. The number of methoxy groups -OCH3 is 1. The van der Waals surface area contributed by atoms with Crippen LogP contribution in [0.3, 0.4) is 0 Å². The summed E-state index contributed by atoms with van der Waals surface area (Å²) in [7, 11) is 1.51. The maximum Gasteiger partial charge on any atom is 0.266 e. The summed E-state index contributed by atoms with van der Waals surface area (Å²) < 4.78 is 5.11. The number of carbonyl (C=O) groups is 2. The minimum Gasteiger partial charge on any atom is -0.497 e. The molecule has 0 atom stereocenters. The average Bonchev–Trinajstić information content (AvgIpc) is 2.72. The van der Waals surface area contributed by atoms with Gasteiger partial charge in [-0.25, -0.2) is 4.90 Å². The van der Waals surface area contributed by atoms with Crippen molar-refractivity contribution in [1.82, 2.24) is 0 Å². The normalized spacial score (nSPS) is 13.6. The zero-order valence-electron chi connectivity index (χ0n) is 10.6. The molecule has 0 radical (unpaired) electrons. The van der Waals surface area contributed by atoms with E-state index in [0.717, 1.165) is 4.90 Å². The zero-order chi connectivity index (χ0) is 14.3. The number of rotatable bonds is 2. The van der Waals surface area contributed by atoms with Gasteiger partial charge in [-0.1, -0.05) is 23.7 Å². The predicted molar refractivity (Wildman–Crippen MR) is 75.6 cm³/mol. The Bertz CT molecular complexity index is 692. The lowest BCUT2D eigenvalue weighted by Gasteiger charge is -2.16. The summed E-state index contributed by atoms with van der Waals surface area (Å²) in [6, 6.07) is 11.5. The van der Waals surface area contributed by atoms with E-state index < -0.39 is 0 Å². The van der Waals surface area contributed by atoms with Crippen molar-refractivity contribution in [3.8, 4) is 5.75 Å². The highest BCUT2D eigenvalue weighted by Crippen LogP contribution is 2.35. The molecule has 4 nitrogen and oxygen atoms in total. The second kappa shape index (κ2) is 4.65. The Morgan fingerprint density at radius 1 is 1.00 bits per heavy atom. The Hall–Kier alpha value is -2.33. The van der Waals surface area contributed by atoms with Gasteiger partial charge in [0, 0.05) is 6.07 Å². The van der Waals surface area contributed by atoms with Crippen LogP contribution in [0, 0.1) is 0 Å². The minimum atomic E-state index is -0.374. The number of anilines is 1. The fourth-order valence-corrected chi connectivity index (χ4v) is 2.40. The third kappa shape index (κ3) is 1.77. The second-order valence-corrected chi connectivity index (χ2v) is 4.72. The third-order valence-corrected chi connectivity index (χ3v) is 3.51. The van der Waals surface area contributed by atoms with Gasteiger partial charge in [-0.05, 0) is 24.3 Å². The van der Waals surface area contributed by atoms with Crippen LogP contribution in [0.15, 0.2) is 42.5 Å². The third-order valence-electron chi connectivity index (χ3n) is 3.19. The van der Waals surface area contributed by atoms with Gasteiger partial charge >= 0.3 is 0 Å². The Balaban J connectivity index is 2.14. The molecule has 0 N–H and O–H groups in total. The molecule has 100 valence electrons. The summed E-state index contributed by atoms with van der Waals surface area (Å²) in [4.78, 5) is 25.8. The Kier molecular flexibility index (Phi) is 2.95. The maximum absolute atomic E-state index is 12.4. The van der Waals surface area contributed by atoms with Crippen LogP contribution >= 0.6 is 11.6 Å². The molecule has 0 unspecified atom stereocenters. The van der Waals surface area contributed by atoms with E-state index in [9.17, 15) is 9.59 Å². The molecule has 0 aliphatic carbocycles.